The molecule has 4 aromatic rings. The van der Waals surface area contributed by atoms with Gasteiger partial charge in [0.15, 0.2) is 5.82 Å². The normalized spacial score (nSPS) is 15.3. The maximum atomic E-state index is 12.5. The van der Waals surface area contributed by atoms with Crippen LogP contribution in [0.2, 0.25) is 0 Å². The smallest absolute Gasteiger partial charge is 0.272 e. The summed E-state index contributed by atoms with van der Waals surface area (Å²) in [5.41, 5.74) is 1.89. The number of hydrogen-bond acceptors (Lipinski definition) is 8. The number of hydrogen-bond donors (Lipinski definition) is 0. The highest BCUT2D eigenvalue weighted by atomic mass is 32.1. The van der Waals surface area contributed by atoms with E-state index in [1.54, 1.807) is 35.9 Å². The number of nitrogens with zero attached hydrogens (tertiary/aromatic N) is 7. The fraction of sp³-hybridized carbons (Fsp3) is 0.316. The summed E-state index contributed by atoms with van der Waals surface area (Å²) < 4.78 is 4.21. The first kappa shape index (κ1) is 18.7. The van der Waals surface area contributed by atoms with Crippen molar-refractivity contribution in [1.29, 1.82) is 0 Å². The molecule has 154 valence electrons. The molecule has 0 spiro atoms. The van der Waals surface area contributed by atoms with Crippen LogP contribution in [0.1, 0.15) is 5.82 Å². The van der Waals surface area contributed by atoms with Crippen LogP contribution < -0.4 is 10.5 Å². The van der Waals surface area contributed by atoms with E-state index < -0.39 is 0 Å². The summed E-state index contributed by atoms with van der Waals surface area (Å²) in [6.07, 6.45) is 0. The Bertz CT molecular complexity index is 1300. The molecule has 0 N–H and O–H groups in total. The van der Waals surface area contributed by atoms with Crippen molar-refractivity contribution in [3.63, 3.8) is 0 Å². The third-order valence-electron chi connectivity index (χ3n) is 5.56. The zero-order chi connectivity index (χ0) is 20.8. The molecule has 1 aliphatic rings. The molecule has 5 rings (SSSR count). The third kappa shape index (κ3) is 3.02. The number of nitro benzene ring substituents is 1. The quantitative estimate of drug-likeness (QED) is 0.363. The predicted molar refractivity (Wildman–Crippen MR) is 114 cm³/mol. The van der Waals surface area contributed by atoms with Gasteiger partial charge in [-0.25, -0.2) is 0 Å². The van der Waals surface area contributed by atoms with Gasteiger partial charge in [-0.1, -0.05) is 0 Å². The Hall–Kier alpha value is -3.31. The van der Waals surface area contributed by atoms with E-state index in [4.69, 9.17) is 0 Å². The van der Waals surface area contributed by atoms with E-state index in [9.17, 15) is 14.9 Å². The van der Waals surface area contributed by atoms with Crippen LogP contribution in [0.15, 0.2) is 40.5 Å². The van der Waals surface area contributed by atoms with Crippen LogP contribution in [-0.2, 0) is 13.6 Å². The van der Waals surface area contributed by atoms with Crippen molar-refractivity contribution in [2.75, 3.05) is 31.1 Å². The Balaban J connectivity index is 1.34. The second-order valence-corrected chi connectivity index (χ2v) is 8.20. The van der Waals surface area contributed by atoms with E-state index in [1.807, 2.05) is 15.8 Å². The predicted octanol–water partition coefficient (Wildman–Crippen LogP) is 1.87. The molecule has 3 aromatic heterocycles. The van der Waals surface area contributed by atoms with Gasteiger partial charge >= 0.3 is 0 Å². The van der Waals surface area contributed by atoms with E-state index in [0.29, 0.717) is 17.0 Å². The maximum Gasteiger partial charge on any atom is 0.272 e. The molecule has 30 heavy (non-hydrogen) atoms. The van der Waals surface area contributed by atoms with Gasteiger partial charge in [-0.15, -0.1) is 21.5 Å². The second kappa shape index (κ2) is 7.18. The fourth-order valence-electron chi connectivity index (χ4n) is 3.90. The molecule has 4 heterocycles. The first-order valence-corrected chi connectivity index (χ1v) is 10.4. The Kier molecular flexibility index (Phi) is 4.48. The van der Waals surface area contributed by atoms with Crippen LogP contribution in [0.5, 0.6) is 0 Å². The maximum absolute atomic E-state index is 12.5. The number of rotatable bonds is 4. The summed E-state index contributed by atoms with van der Waals surface area (Å²) in [5.74, 6) is 1.36. The van der Waals surface area contributed by atoms with Gasteiger partial charge in [-0.2, -0.15) is 0 Å². The Labute approximate surface area is 174 Å². The molecule has 1 aliphatic heterocycles. The molecule has 0 unspecified atom stereocenters. The summed E-state index contributed by atoms with van der Waals surface area (Å²) >= 11 is 1.43. The number of aryl methyl sites for hydroxylation is 1. The van der Waals surface area contributed by atoms with E-state index in [2.05, 4.69) is 20.0 Å². The number of thiophene rings is 1. The molecule has 0 atom stereocenters. The van der Waals surface area contributed by atoms with Gasteiger partial charge < -0.3 is 4.90 Å². The minimum Gasteiger partial charge on any atom is -0.369 e. The van der Waals surface area contributed by atoms with Gasteiger partial charge in [0.2, 0.25) is 5.78 Å². The lowest BCUT2D eigenvalue weighted by molar-refractivity contribution is -0.384. The van der Waals surface area contributed by atoms with Crippen LogP contribution in [0.4, 0.5) is 11.4 Å². The molecule has 0 radical (unpaired) electrons. The molecular weight excluding hydrogens is 406 g/mol. The molecule has 1 aromatic carbocycles. The van der Waals surface area contributed by atoms with Gasteiger partial charge in [-0.3, -0.25) is 28.8 Å². The summed E-state index contributed by atoms with van der Waals surface area (Å²) in [7, 11) is 1.72. The SMILES string of the molecule is Cn1c(=O)c2sccc2n2c(CN3CCN(c4ccc([N+](=O)[O-])cc4)CC3)nnc12. The number of piperazine rings is 1. The number of fused-ring (bicyclic) bond motifs is 3. The minimum absolute atomic E-state index is 0.0526. The topological polar surface area (TPSA) is 102 Å². The summed E-state index contributed by atoms with van der Waals surface area (Å²) in [6, 6.07) is 8.62. The number of nitro groups is 1. The summed E-state index contributed by atoms with van der Waals surface area (Å²) in [5, 5.41) is 21.4. The molecule has 10 nitrogen and oxygen atoms in total. The van der Waals surface area contributed by atoms with Crippen LogP contribution in [0.3, 0.4) is 0 Å². The highest BCUT2D eigenvalue weighted by Gasteiger charge is 2.21. The second-order valence-electron chi connectivity index (χ2n) is 7.29. The van der Waals surface area contributed by atoms with Gasteiger partial charge in [0.05, 0.1) is 17.0 Å². The van der Waals surface area contributed by atoms with Crippen molar-refractivity contribution in [1.82, 2.24) is 24.1 Å². The monoisotopic (exact) mass is 425 g/mol. The molecule has 11 heteroatoms. The van der Waals surface area contributed by atoms with Crippen molar-refractivity contribution in [3.8, 4) is 0 Å². The average molecular weight is 425 g/mol. The molecule has 0 bridgehead atoms. The summed E-state index contributed by atoms with van der Waals surface area (Å²) in [4.78, 5) is 27.5. The van der Waals surface area contributed by atoms with E-state index in [1.165, 1.54) is 11.3 Å². The number of benzene rings is 1. The van der Waals surface area contributed by atoms with Gasteiger partial charge in [0, 0.05) is 51.0 Å². The number of anilines is 1. The average Bonchev–Trinajstić information content (AvgIpc) is 3.40. The van der Waals surface area contributed by atoms with Gasteiger partial charge in [-0.05, 0) is 23.6 Å². The third-order valence-corrected chi connectivity index (χ3v) is 6.45. The fourth-order valence-corrected chi connectivity index (χ4v) is 4.76. The van der Waals surface area contributed by atoms with Crippen molar-refractivity contribution < 1.29 is 4.92 Å². The summed E-state index contributed by atoms with van der Waals surface area (Å²) in [6.45, 7) is 3.95. The molecule has 1 saturated heterocycles. The van der Waals surface area contributed by atoms with Crippen molar-refractivity contribution in [3.05, 3.63) is 62.0 Å². The van der Waals surface area contributed by atoms with Crippen LogP contribution in [0.25, 0.3) is 16.0 Å². The molecule has 1 fully saturated rings. The Morgan fingerprint density at radius 3 is 2.53 bits per heavy atom. The number of aromatic nitrogens is 4. The van der Waals surface area contributed by atoms with Crippen molar-refractivity contribution >= 4 is 38.7 Å². The lowest BCUT2D eigenvalue weighted by Gasteiger charge is -2.35. The highest BCUT2D eigenvalue weighted by molar-refractivity contribution is 7.17. The first-order chi connectivity index (χ1) is 14.5. The minimum atomic E-state index is -0.384. The molecule has 0 amide bonds. The van der Waals surface area contributed by atoms with E-state index in [-0.39, 0.29) is 16.2 Å². The first-order valence-electron chi connectivity index (χ1n) is 9.55. The van der Waals surface area contributed by atoms with E-state index >= 15 is 0 Å². The lowest BCUT2D eigenvalue weighted by Crippen LogP contribution is -2.46. The lowest BCUT2D eigenvalue weighted by atomic mass is 10.2. The van der Waals surface area contributed by atoms with Gasteiger partial charge in [0.1, 0.15) is 4.70 Å². The van der Waals surface area contributed by atoms with Crippen molar-refractivity contribution in [2.24, 2.45) is 7.05 Å². The van der Waals surface area contributed by atoms with E-state index in [0.717, 1.165) is 43.2 Å². The van der Waals surface area contributed by atoms with Crippen LogP contribution in [-0.4, -0.2) is 55.2 Å². The number of non-ortho nitro benzene ring substituents is 1. The highest BCUT2D eigenvalue weighted by Crippen LogP contribution is 2.22. The Morgan fingerprint density at radius 2 is 1.83 bits per heavy atom. The molecule has 0 saturated carbocycles. The Morgan fingerprint density at radius 1 is 1.10 bits per heavy atom. The van der Waals surface area contributed by atoms with Gasteiger partial charge in [0.25, 0.3) is 11.2 Å². The van der Waals surface area contributed by atoms with Crippen molar-refractivity contribution in [2.45, 2.75) is 6.54 Å². The van der Waals surface area contributed by atoms with Crippen LogP contribution in [0, 0.1) is 10.1 Å². The van der Waals surface area contributed by atoms with Crippen LogP contribution >= 0.6 is 11.3 Å². The zero-order valence-corrected chi connectivity index (χ0v) is 17.1. The standard InChI is InChI=1S/C19H19N7O3S/c1-22-18(27)17-15(6-11-30-17)25-16(20-21-19(22)25)12-23-7-9-24(10-8-23)13-2-4-14(5-3-13)26(28)29/h2-6,11H,7-10,12H2,1H3. The zero-order valence-electron chi connectivity index (χ0n) is 16.3. The largest absolute Gasteiger partial charge is 0.369 e. The molecular formula is C19H19N7O3S. The molecule has 0 aliphatic carbocycles.